The van der Waals surface area contributed by atoms with Gasteiger partial charge in [-0.25, -0.2) is 4.98 Å². The summed E-state index contributed by atoms with van der Waals surface area (Å²) < 4.78 is 6.28. The minimum atomic E-state index is -0.169. The molecule has 1 aromatic carbocycles. The summed E-state index contributed by atoms with van der Waals surface area (Å²) in [5.74, 6) is 2.24. The first-order valence-corrected chi connectivity index (χ1v) is 9.93. The van der Waals surface area contributed by atoms with Crippen LogP contribution >= 0.6 is 11.5 Å². The molecule has 0 radical (unpaired) electrons. The molecule has 0 spiro atoms. The molecule has 0 fully saturated rings. The Hall–Kier alpha value is -3.07. The molecular weight excluding hydrogens is 374 g/mol. The predicted molar refractivity (Wildman–Crippen MR) is 106 cm³/mol. The molecular formula is C19H19N7OS. The molecule has 28 heavy (non-hydrogen) atoms. The Morgan fingerprint density at radius 1 is 1.25 bits per heavy atom. The van der Waals surface area contributed by atoms with Crippen molar-refractivity contribution in [1.82, 2.24) is 34.0 Å². The van der Waals surface area contributed by atoms with Crippen LogP contribution in [0.3, 0.4) is 0 Å². The van der Waals surface area contributed by atoms with Gasteiger partial charge in [-0.15, -0.1) is 10.2 Å². The fourth-order valence-electron chi connectivity index (χ4n) is 3.78. The van der Waals surface area contributed by atoms with Crippen LogP contribution in [0.15, 0.2) is 24.4 Å². The van der Waals surface area contributed by atoms with Gasteiger partial charge in [0.15, 0.2) is 16.7 Å². The lowest BCUT2D eigenvalue weighted by Gasteiger charge is -2.33. The number of carbonyl (C=O) groups excluding carboxylic acids is 1. The second-order valence-corrected chi connectivity index (χ2v) is 7.84. The van der Waals surface area contributed by atoms with Crippen LogP contribution in [0.25, 0.3) is 21.7 Å². The zero-order valence-corrected chi connectivity index (χ0v) is 16.6. The van der Waals surface area contributed by atoms with E-state index in [2.05, 4.69) is 31.5 Å². The molecule has 1 amide bonds. The van der Waals surface area contributed by atoms with Crippen LogP contribution in [0.5, 0.6) is 0 Å². The topological polar surface area (TPSA) is 92.6 Å². The SMILES string of the molecule is Cc1nsc(-c2nnc3n2CCN(C(=O)c2ccc4c(C)c[nH]c4c2)[C@@H]3C)n1. The smallest absolute Gasteiger partial charge is 0.254 e. The monoisotopic (exact) mass is 393 g/mol. The number of hydrogen-bond acceptors (Lipinski definition) is 6. The summed E-state index contributed by atoms with van der Waals surface area (Å²) in [6.45, 7) is 7.13. The molecule has 0 aliphatic carbocycles. The van der Waals surface area contributed by atoms with Gasteiger partial charge in [-0.1, -0.05) is 6.07 Å². The van der Waals surface area contributed by atoms with Gasteiger partial charge in [-0.2, -0.15) is 4.37 Å². The molecule has 1 atom stereocenters. The van der Waals surface area contributed by atoms with Crippen LogP contribution in [-0.2, 0) is 6.54 Å². The standard InChI is InChI=1S/C19H19N7OS/c1-10-9-20-15-8-13(4-5-14(10)15)19(27)25-6-7-26-16(11(25)2)22-23-17(26)18-21-12(3)24-28-18/h4-5,8-9,11,20H,6-7H2,1-3H3/t11-/m1/s1. The molecule has 0 bridgehead atoms. The second-order valence-electron chi connectivity index (χ2n) is 7.09. The average molecular weight is 393 g/mol. The normalized spacial score (nSPS) is 16.5. The number of aromatic nitrogens is 6. The zero-order chi connectivity index (χ0) is 19.4. The zero-order valence-electron chi connectivity index (χ0n) is 15.8. The number of rotatable bonds is 2. The number of benzene rings is 1. The number of aryl methyl sites for hydroxylation is 2. The fourth-order valence-corrected chi connectivity index (χ4v) is 4.44. The maximum absolute atomic E-state index is 13.2. The van der Waals surface area contributed by atoms with Crippen molar-refractivity contribution in [1.29, 1.82) is 0 Å². The van der Waals surface area contributed by atoms with Gasteiger partial charge in [0.2, 0.25) is 0 Å². The van der Waals surface area contributed by atoms with E-state index in [0.29, 0.717) is 18.7 Å². The number of carbonyl (C=O) groups is 1. The van der Waals surface area contributed by atoms with E-state index in [1.165, 1.54) is 17.1 Å². The summed E-state index contributed by atoms with van der Waals surface area (Å²) in [6, 6.07) is 5.65. The molecule has 1 aliphatic rings. The molecule has 1 aliphatic heterocycles. The molecule has 0 unspecified atom stereocenters. The highest BCUT2D eigenvalue weighted by Crippen LogP contribution is 2.30. The Morgan fingerprint density at radius 3 is 2.89 bits per heavy atom. The van der Waals surface area contributed by atoms with Gasteiger partial charge in [-0.3, -0.25) is 4.79 Å². The summed E-state index contributed by atoms with van der Waals surface area (Å²) in [5, 5.41) is 10.6. The first-order valence-electron chi connectivity index (χ1n) is 9.15. The van der Waals surface area contributed by atoms with Crippen molar-refractivity contribution >= 4 is 28.3 Å². The van der Waals surface area contributed by atoms with Crippen molar-refractivity contribution < 1.29 is 4.79 Å². The molecule has 0 saturated carbocycles. The Kier molecular flexibility index (Phi) is 3.80. The summed E-state index contributed by atoms with van der Waals surface area (Å²) in [7, 11) is 0. The fraction of sp³-hybridized carbons (Fsp3) is 0.316. The Balaban J connectivity index is 1.46. The van der Waals surface area contributed by atoms with E-state index in [1.54, 1.807) is 0 Å². The van der Waals surface area contributed by atoms with Gasteiger partial charge in [0.25, 0.3) is 5.91 Å². The summed E-state index contributed by atoms with van der Waals surface area (Å²) in [4.78, 5) is 22.7. The molecule has 9 heteroatoms. The highest BCUT2D eigenvalue weighted by molar-refractivity contribution is 7.09. The lowest BCUT2D eigenvalue weighted by atomic mass is 10.1. The van der Waals surface area contributed by atoms with Gasteiger partial charge >= 0.3 is 0 Å². The molecule has 142 valence electrons. The van der Waals surface area contributed by atoms with E-state index >= 15 is 0 Å². The molecule has 4 aromatic rings. The second kappa shape index (κ2) is 6.23. The molecule has 0 saturated heterocycles. The number of aromatic amines is 1. The van der Waals surface area contributed by atoms with E-state index < -0.39 is 0 Å². The molecule has 8 nitrogen and oxygen atoms in total. The molecule has 4 heterocycles. The van der Waals surface area contributed by atoms with Gasteiger partial charge in [0.05, 0.1) is 6.04 Å². The number of nitrogens with zero attached hydrogens (tertiary/aromatic N) is 6. The summed E-state index contributed by atoms with van der Waals surface area (Å²) in [6.07, 6.45) is 1.96. The maximum atomic E-state index is 13.2. The lowest BCUT2D eigenvalue weighted by Crippen LogP contribution is -2.41. The van der Waals surface area contributed by atoms with E-state index in [0.717, 1.165) is 33.4 Å². The first-order chi connectivity index (χ1) is 13.5. The Morgan fingerprint density at radius 2 is 2.11 bits per heavy atom. The highest BCUT2D eigenvalue weighted by Gasteiger charge is 2.32. The minimum absolute atomic E-state index is 0.00390. The molecule has 1 N–H and O–H groups in total. The third-order valence-corrected chi connectivity index (χ3v) is 6.10. The maximum Gasteiger partial charge on any atom is 0.254 e. The summed E-state index contributed by atoms with van der Waals surface area (Å²) in [5.41, 5.74) is 2.83. The van der Waals surface area contributed by atoms with Crippen molar-refractivity contribution in [2.45, 2.75) is 33.4 Å². The Bertz CT molecular complexity index is 1200. The van der Waals surface area contributed by atoms with Crippen LogP contribution < -0.4 is 0 Å². The molecule has 5 rings (SSSR count). The van der Waals surface area contributed by atoms with Crippen LogP contribution in [0.1, 0.15) is 40.5 Å². The first kappa shape index (κ1) is 17.1. The van der Waals surface area contributed by atoms with Gasteiger partial charge in [0.1, 0.15) is 5.82 Å². The number of nitrogens with one attached hydrogen (secondary N) is 1. The number of hydrogen-bond donors (Lipinski definition) is 1. The highest BCUT2D eigenvalue weighted by atomic mass is 32.1. The van der Waals surface area contributed by atoms with Crippen molar-refractivity contribution in [3.63, 3.8) is 0 Å². The van der Waals surface area contributed by atoms with E-state index in [1.807, 2.05) is 47.7 Å². The number of amides is 1. The summed E-state index contributed by atoms with van der Waals surface area (Å²) >= 11 is 1.32. The van der Waals surface area contributed by atoms with Crippen molar-refractivity contribution in [3.8, 4) is 10.8 Å². The van der Waals surface area contributed by atoms with Gasteiger partial charge in [-0.05, 0) is 50.0 Å². The third kappa shape index (κ3) is 2.54. The van der Waals surface area contributed by atoms with Crippen LogP contribution in [0.2, 0.25) is 0 Å². The van der Waals surface area contributed by atoms with Crippen LogP contribution in [0, 0.1) is 13.8 Å². The van der Waals surface area contributed by atoms with E-state index in [-0.39, 0.29) is 11.9 Å². The average Bonchev–Trinajstić information content (AvgIpc) is 3.40. The van der Waals surface area contributed by atoms with E-state index in [9.17, 15) is 4.79 Å². The number of H-pyrrole nitrogens is 1. The van der Waals surface area contributed by atoms with E-state index in [4.69, 9.17) is 0 Å². The Labute approximate surface area is 165 Å². The predicted octanol–water partition coefficient (Wildman–Crippen LogP) is 3.11. The quantitative estimate of drug-likeness (QED) is 0.565. The van der Waals surface area contributed by atoms with Crippen molar-refractivity contribution in [3.05, 3.63) is 47.2 Å². The van der Waals surface area contributed by atoms with Crippen LogP contribution in [-0.4, -0.2) is 46.5 Å². The third-order valence-electron chi connectivity index (χ3n) is 5.30. The largest absolute Gasteiger partial charge is 0.361 e. The van der Waals surface area contributed by atoms with Gasteiger partial charge < -0.3 is 14.5 Å². The number of fused-ring (bicyclic) bond motifs is 2. The van der Waals surface area contributed by atoms with Crippen LogP contribution in [0.4, 0.5) is 0 Å². The lowest BCUT2D eigenvalue weighted by molar-refractivity contribution is 0.0638. The van der Waals surface area contributed by atoms with Gasteiger partial charge in [0, 0.05) is 35.8 Å². The van der Waals surface area contributed by atoms with Crippen molar-refractivity contribution in [2.75, 3.05) is 6.54 Å². The van der Waals surface area contributed by atoms with Crippen molar-refractivity contribution in [2.24, 2.45) is 0 Å². The minimum Gasteiger partial charge on any atom is -0.361 e. The molecule has 3 aromatic heterocycles.